The van der Waals surface area contributed by atoms with Crippen LogP contribution in [-0.2, 0) is 14.3 Å². The van der Waals surface area contributed by atoms with Gasteiger partial charge in [0.25, 0.3) is 0 Å². The van der Waals surface area contributed by atoms with Gasteiger partial charge >= 0.3 is 5.97 Å². The van der Waals surface area contributed by atoms with Gasteiger partial charge in [-0.25, -0.2) is 0 Å². The number of aliphatic hydroxyl groups is 1. The molecule has 1 N–H and O–H groups in total. The van der Waals surface area contributed by atoms with Crippen molar-refractivity contribution in [2.24, 2.45) is 45.3 Å². The molecule has 9 atom stereocenters. The lowest BCUT2D eigenvalue weighted by atomic mass is 9.35. The fourth-order valence-corrected chi connectivity index (χ4v) is 9.99. The van der Waals surface area contributed by atoms with Crippen molar-refractivity contribution in [1.82, 2.24) is 0 Å². The van der Waals surface area contributed by atoms with Crippen LogP contribution in [0.1, 0.15) is 120 Å². The first-order chi connectivity index (χ1) is 16.7. The molecule has 204 valence electrons. The number of hydrogen-bond donors (Lipinski definition) is 1. The summed E-state index contributed by atoms with van der Waals surface area (Å²) in [4.78, 5) is 25.6. The average molecular weight is 501 g/mol. The van der Waals surface area contributed by atoms with Gasteiger partial charge in [0.2, 0.25) is 0 Å². The average Bonchev–Trinajstić information content (AvgIpc) is 2.80. The molecule has 0 radical (unpaired) electrons. The molecule has 0 spiro atoms. The van der Waals surface area contributed by atoms with Crippen LogP contribution < -0.4 is 0 Å². The molecule has 0 aromatic heterocycles. The van der Waals surface area contributed by atoms with Gasteiger partial charge in [0.05, 0.1) is 6.10 Å². The fourth-order valence-electron chi connectivity index (χ4n) is 9.99. The van der Waals surface area contributed by atoms with Gasteiger partial charge in [-0.2, -0.15) is 0 Å². The molecule has 4 aliphatic rings. The van der Waals surface area contributed by atoms with Crippen LogP contribution in [0.2, 0.25) is 0 Å². The van der Waals surface area contributed by atoms with Gasteiger partial charge in [-0.05, 0) is 91.8 Å². The highest BCUT2D eigenvalue weighted by molar-refractivity contribution is 5.94. The molecule has 0 bridgehead atoms. The zero-order chi connectivity index (χ0) is 26.7. The van der Waals surface area contributed by atoms with E-state index in [4.69, 9.17) is 4.74 Å². The number of hydrogen-bond acceptors (Lipinski definition) is 4. The summed E-state index contributed by atoms with van der Waals surface area (Å²) in [5, 5.41) is 11.7. The van der Waals surface area contributed by atoms with Crippen molar-refractivity contribution in [2.45, 2.75) is 132 Å². The van der Waals surface area contributed by atoms with Crippen molar-refractivity contribution in [1.29, 1.82) is 0 Å². The number of carbonyl (C=O) groups excluding carboxylic acids is 2. The molecule has 0 saturated heterocycles. The quantitative estimate of drug-likeness (QED) is 0.389. The summed E-state index contributed by atoms with van der Waals surface area (Å²) in [7, 11) is 0. The first kappa shape index (κ1) is 27.9. The summed E-state index contributed by atoms with van der Waals surface area (Å²) in [5.74, 6) is 1.52. The SMILES string of the molecule is CCC1(C)CCCC2(C)C1CCC1(C)C2CC(OC(=O)CCC(C)C)C2(C)C(O)C(C(C)=O)=CCC12. The zero-order valence-electron chi connectivity index (χ0n) is 24.3. The number of Topliss-reactive ketones (excluding diaryl/α,β-unsaturated/α-hetero) is 1. The van der Waals surface area contributed by atoms with Gasteiger partial charge in [-0.1, -0.05) is 67.4 Å². The number of rotatable bonds is 6. The van der Waals surface area contributed by atoms with Gasteiger partial charge in [0.1, 0.15) is 6.10 Å². The second-order valence-electron chi connectivity index (χ2n) is 14.4. The Hall–Kier alpha value is -1.16. The van der Waals surface area contributed by atoms with E-state index in [0.29, 0.717) is 35.2 Å². The van der Waals surface area contributed by atoms with Crippen LogP contribution in [0.3, 0.4) is 0 Å². The van der Waals surface area contributed by atoms with Crippen LogP contribution in [0, 0.1) is 45.3 Å². The van der Waals surface area contributed by atoms with E-state index in [2.05, 4.69) is 48.5 Å². The van der Waals surface area contributed by atoms with E-state index < -0.39 is 11.5 Å². The maximum atomic E-state index is 13.1. The molecule has 0 aromatic rings. The van der Waals surface area contributed by atoms with Crippen LogP contribution >= 0.6 is 0 Å². The number of ether oxygens (including phenoxy) is 1. The minimum atomic E-state index is -0.896. The molecule has 4 rings (SSSR count). The van der Waals surface area contributed by atoms with E-state index in [1.807, 2.05) is 6.08 Å². The summed E-state index contributed by atoms with van der Waals surface area (Å²) in [6.07, 6.45) is 11.0. The van der Waals surface area contributed by atoms with Gasteiger partial charge in [0, 0.05) is 17.4 Å². The first-order valence-electron chi connectivity index (χ1n) is 14.8. The number of aliphatic hydroxyl groups excluding tert-OH is 1. The maximum absolute atomic E-state index is 13.1. The Morgan fingerprint density at radius 2 is 1.72 bits per heavy atom. The summed E-state index contributed by atoms with van der Waals surface area (Å²) in [5.41, 5.74) is 0.476. The largest absolute Gasteiger partial charge is 0.462 e. The zero-order valence-corrected chi connectivity index (χ0v) is 24.3. The standard InChI is InChI=1S/C32H52O4/c1-9-29(5)16-10-17-30(6)23(29)15-18-31(7)24-13-12-22(21(4)33)28(35)32(24,8)26(19-25(30)31)36-27(34)14-11-20(2)3/h12,20,23-26,28,35H,9-11,13-19H2,1-8H3. The lowest BCUT2D eigenvalue weighted by Gasteiger charge is -2.70. The van der Waals surface area contributed by atoms with Crippen LogP contribution in [0.15, 0.2) is 11.6 Å². The Morgan fingerprint density at radius 3 is 2.33 bits per heavy atom. The van der Waals surface area contributed by atoms with E-state index in [1.54, 1.807) is 6.92 Å². The first-order valence-corrected chi connectivity index (χ1v) is 14.8. The Bertz CT molecular complexity index is 906. The number of fused-ring (bicyclic) bond motifs is 5. The van der Waals surface area contributed by atoms with Crippen molar-refractivity contribution >= 4 is 11.8 Å². The number of esters is 1. The van der Waals surface area contributed by atoms with Crippen molar-refractivity contribution in [3.05, 3.63) is 11.6 Å². The number of ketones is 1. The molecule has 4 heteroatoms. The van der Waals surface area contributed by atoms with E-state index in [-0.39, 0.29) is 34.6 Å². The van der Waals surface area contributed by atoms with E-state index in [0.717, 1.165) is 25.7 Å². The van der Waals surface area contributed by atoms with E-state index in [1.165, 1.54) is 32.1 Å². The number of carbonyl (C=O) groups is 2. The second-order valence-corrected chi connectivity index (χ2v) is 14.4. The van der Waals surface area contributed by atoms with Gasteiger partial charge in [-0.3, -0.25) is 9.59 Å². The molecule has 0 heterocycles. The summed E-state index contributed by atoms with van der Waals surface area (Å²) in [6, 6.07) is 0. The van der Waals surface area contributed by atoms with Crippen molar-refractivity contribution in [3.8, 4) is 0 Å². The number of allylic oxidation sites excluding steroid dienone is 1. The Labute approximate surface area is 220 Å². The molecule has 0 aromatic carbocycles. The predicted molar refractivity (Wildman–Crippen MR) is 144 cm³/mol. The van der Waals surface area contributed by atoms with Gasteiger partial charge in [-0.15, -0.1) is 0 Å². The molecule has 0 amide bonds. The molecule has 36 heavy (non-hydrogen) atoms. The lowest BCUT2D eigenvalue weighted by Crippen LogP contribution is -2.68. The predicted octanol–water partition coefficient (Wildman–Crippen LogP) is 7.28. The maximum Gasteiger partial charge on any atom is 0.306 e. The third-order valence-electron chi connectivity index (χ3n) is 12.2. The Kier molecular flexibility index (Phi) is 7.39. The third kappa shape index (κ3) is 4.12. The van der Waals surface area contributed by atoms with Gasteiger partial charge < -0.3 is 9.84 Å². The highest BCUT2D eigenvalue weighted by Gasteiger charge is 2.69. The minimum absolute atomic E-state index is 0.0482. The smallest absolute Gasteiger partial charge is 0.306 e. The normalized spacial score (nSPS) is 46.3. The Morgan fingerprint density at radius 1 is 1.06 bits per heavy atom. The molecule has 4 nitrogen and oxygen atoms in total. The topological polar surface area (TPSA) is 63.6 Å². The fraction of sp³-hybridized carbons (Fsp3) is 0.875. The van der Waals surface area contributed by atoms with E-state index >= 15 is 0 Å². The summed E-state index contributed by atoms with van der Waals surface area (Å²) in [6.45, 7) is 17.8. The van der Waals surface area contributed by atoms with Crippen LogP contribution in [-0.4, -0.2) is 29.1 Å². The van der Waals surface area contributed by atoms with Crippen molar-refractivity contribution in [3.63, 3.8) is 0 Å². The molecule has 4 aliphatic carbocycles. The molecule has 3 fully saturated rings. The monoisotopic (exact) mass is 500 g/mol. The van der Waals surface area contributed by atoms with Crippen molar-refractivity contribution in [2.75, 3.05) is 0 Å². The molecular formula is C32H52O4. The van der Waals surface area contributed by atoms with Crippen LogP contribution in [0.4, 0.5) is 0 Å². The molecule has 3 saturated carbocycles. The van der Waals surface area contributed by atoms with Crippen LogP contribution in [0.25, 0.3) is 0 Å². The molecule has 0 aliphatic heterocycles. The highest BCUT2D eigenvalue weighted by atomic mass is 16.5. The third-order valence-corrected chi connectivity index (χ3v) is 12.2. The molecular weight excluding hydrogens is 448 g/mol. The highest BCUT2D eigenvalue weighted by Crippen LogP contribution is 2.73. The Balaban J connectivity index is 1.77. The minimum Gasteiger partial charge on any atom is -0.462 e. The lowest BCUT2D eigenvalue weighted by molar-refractivity contribution is -0.249. The van der Waals surface area contributed by atoms with Crippen LogP contribution in [0.5, 0.6) is 0 Å². The van der Waals surface area contributed by atoms with Crippen molar-refractivity contribution < 1.29 is 19.4 Å². The van der Waals surface area contributed by atoms with Gasteiger partial charge in [0.15, 0.2) is 5.78 Å². The molecule has 9 unspecified atom stereocenters. The summed E-state index contributed by atoms with van der Waals surface area (Å²) < 4.78 is 6.37. The van der Waals surface area contributed by atoms with E-state index in [9.17, 15) is 14.7 Å². The second kappa shape index (κ2) is 9.54. The summed E-state index contributed by atoms with van der Waals surface area (Å²) >= 11 is 0.